The zero-order valence-electron chi connectivity index (χ0n) is 11.4. The van der Waals surface area contributed by atoms with Crippen molar-refractivity contribution in [3.05, 3.63) is 12.3 Å². The second-order valence-electron chi connectivity index (χ2n) is 4.39. The van der Waals surface area contributed by atoms with Gasteiger partial charge in [0.1, 0.15) is 12.4 Å². The van der Waals surface area contributed by atoms with Gasteiger partial charge in [-0.05, 0) is 26.1 Å². The molecule has 0 aliphatic carbocycles. The van der Waals surface area contributed by atoms with Gasteiger partial charge < -0.3 is 16.0 Å². The molecule has 6 heteroatoms. The lowest BCUT2D eigenvalue weighted by Gasteiger charge is -2.23. The minimum Gasteiger partial charge on any atom is -0.382 e. The van der Waals surface area contributed by atoms with Crippen LogP contribution in [0.1, 0.15) is 20.8 Å². The molecule has 1 atom stereocenters. The lowest BCUT2D eigenvalue weighted by atomic mass is 10.3. The van der Waals surface area contributed by atoms with Crippen LogP contribution in [0.2, 0.25) is 0 Å². The van der Waals surface area contributed by atoms with Crippen LogP contribution in [0.5, 0.6) is 0 Å². The first-order valence-corrected chi connectivity index (χ1v) is 6.35. The maximum atomic E-state index is 11.8. The Morgan fingerprint density at radius 2 is 2.22 bits per heavy atom. The van der Waals surface area contributed by atoms with Crippen molar-refractivity contribution in [3.8, 4) is 0 Å². The molecule has 1 aromatic rings. The number of nitrogens with zero attached hydrogens (tertiary/aromatic N) is 3. The molecule has 0 saturated carbocycles. The van der Waals surface area contributed by atoms with Crippen LogP contribution in [-0.2, 0) is 11.3 Å². The normalized spacial score (nSPS) is 12.7. The molecule has 0 aliphatic heterocycles. The number of hydrogen-bond donors (Lipinski definition) is 2. The highest BCUT2D eigenvalue weighted by atomic mass is 16.2. The van der Waals surface area contributed by atoms with Crippen LogP contribution in [0.3, 0.4) is 0 Å². The Labute approximate surface area is 108 Å². The first-order valence-electron chi connectivity index (χ1n) is 6.35. The highest BCUT2D eigenvalue weighted by Gasteiger charge is 2.11. The number of aromatic nitrogens is 2. The Hall–Kier alpha value is -1.56. The summed E-state index contributed by atoms with van der Waals surface area (Å²) in [5, 5.41) is 6.93. The zero-order chi connectivity index (χ0) is 13.5. The smallest absolute Gasteiger partial charge is 0.241 e. The van der Waals surface area contributed by atoms with Crippen molar-refractivity contribution < 1.29 is 4.79 Å². The van der Waals surface area contributed by atoms with E-state index in [2.05, 4.69) is 29.2 Å². The molecule has 6 nitrogen and oxygen atoms in total. The molecule has 0 bridgehead atoms. The summed E-state index contributed by atoms with van der Waals surface area (Å²) in [5.74, 6) is 0.386. The number of carbonyl (C=O) groups is 1. The lowest BCUT2D eigenvalue weighted by molar-refractivity contribution is -0.122. The predicted molar refractivity (Wildman–Crippen MR) is 72.0 cm³/mol. The van der Waals surface area contributed by atoms with Crippen molar-refractivity contribution in [1.82, 2.24) is 20.0 Å². The van der Waals surface area contributed by atoms with Gasteiger partial charge in [-0.1, -0.05) is 13.8 Å². The van der Waals surface area contributed by atoms with E-state index in [0.717, 1.165) is 19.6 Å². The summed E-state index contributed by atoms with van der Waals surface area (Å²) in [7, 11) is 0. The zero-order valence-corrected chi connectivity index (χ0v) is 11.4. The molecule has 0 fully saturated rings. The molecule has 1 rings (SSSR count). The van der Waals surface area contributed by atoms with Gasteiger partial charge >= 0.3 is 0 Å². The fourth-order valence-corrected chi connectivity index (χ4v) is 1.85. The maximum absolute atomic E-state index is 11.8. The number of likely N-dealkylation sites (N-methyl/N-ethyl adjacent to an activating group) is 1. The van der Waals surface area contributed by atoms with Crippen LogP contribution in [0, 0.1) is 0 Å². The molecule has 0 saturated heterocycles. The Morgan fingerprint density at radius 1 is 1.56 bits per heavy atom. The Balaban J connectivity index is 2.35. The van der Waals surface area contributed by atoms with Crippen LogP contribution in [-0.4, -0.2) is 46.3 Å². The summed E-state index contributed by atoms with van der Waals surface area (Å²) < 4.78 is 1.54. The van der Waals surface area contributed by atoms with E-state index in [9.17, 15) is 4.79 Å². The van der Waals surface area contributed by atoms with Crippen LogP contribution < -0.4 is 11.1 Å². The van der Waals surface area contributed by atoms with E-state index in [0.29, 0.717) is 5.82 Å². The first kappa shape index (κ1) is 14.5. The molecular formula is C12H23N5O. The summed E-state index contributed by atoms with van der Waals surface area (Å²) in [6.45, 7) is 9.29. The maximum Gasteiger partial charge on any atom is 0.241 e. The average molecular weight is 253 g/mol. The molecule has 0 aromatic carbocycles. The van der Waals surface area contributed by atoms with Gasteiger partial charge in [-0.3, -0.25) is 9.48 Å². The van der Waals surface area contributed by atoms with Gasteiger partial charge in [0.15, 0.2) is 0 Å². The van der Waals surface area contributed by atoms with Gasteiger partial charge in [0.25, 0.3) is 0 Å². The van der Waals surface area contributed by atoms with Crippen LogP contribution in [0.4, 0.5) is 5.82 Å². The molecule has 3 N–H and O–H groups in total. The van der Waals surface area contributed by atoms with Gasteiger partial charge in [-0.25, -0.2) is 0 Å². The Morgan fingerprint density at radius 3 is 2.72 bits per heavy atom. The fourth-order valence-electron chi connectivity index (χ4n) is 1.85. The number of nitrogens with two attached hydrogens (primary N) is 1. The molecule has 1 unspecified atom stereocenters. The fraction of sp³-hybridized carbons (Fsp3) is 0.667. The number of rotatable bonds is 7. The van der Waals surface area contributed by atoms with Crippen molar-refractivity contribution in [1.29, 1.82) is 0 Å². The SMILES string of the molecule is CCN(CC)CC(C)NC(=O)Cn1ccc(N)n1. The summed E-state index contributed by atoms with van der Waals surface area (Å²) >= 11 is 0. The molecule has 18 heavy (non-hydrogen) atoms. The van der Waals surface area contributed by atoms with Crippen molar-refractivity contribution in [3.63, 3.8) is 0 Å². The molecule has 102 valence electrons. The van der Waals surface area contributed by atoms with Gasteiger partial charge in [-0.15, -0.1) is 0 Å². The number of anilines is 1. The number of hydrogen-bond acceptors (Lipinski definition) is 4. The topological polar surface area (TPSA) is 76.2 Å². The summed E-state index contributed by atoms with van der Waals surface area (Å²) in [6, 6.07) is 1.80. The minimum atomic E-state index is -0.0437. The second kappa shape index (κ2) is 7.00. The molecule has 0 aliphatic rings. The number of nitrogens with one attached hydrogen (secondary N) is 1. The molecule has 0 radical (unpaired) electrons. The largest absolute Gasteiger partial charge is 0.382 e. The van der Waals surface area contributed by atoms with Crippen LogP contribution >= 0.6 is 0 Å². The molecule has 1 heterocycles. The molecule has 0 spiro atoms. The monoisotopic (exact) mass is 253 g/mol. The van der Waals surface area contributed by atoms with E-state index >= 15 is 0 Å². The highest BCUT2D eigenvalue weighted by Crippen LogP contribution is 1.96. The second-order valence-corrected chi connectivity index (χ2v) is 4.39. The van der Waals surface area contributed by atoms with E-state index in [1.54, 1.807) is 12.3 Å². The first-order chi connectivity index (χ1) is 8.55. The highest BCUT2D eigenvalue weighted by molar-refractivity contribution is 5.75. The van der Waals surface area contributed by atoms with E-state index in [1.807, 2.05) is 6.92 Å². The summed E-state index contributed by atoms with van der Waals surface area (Å²) in [4.78, 5) is 14.0. The number of carbonyl (C=O) groups excluding carboxylic acids is 1. The molecule has 1 aromatic heterocycles. The van der Waals surface area contributed by atoms with Crippen molar-refractivity contribution in [2.45, 2.75) is 33.4 Å². The van der Waals surface area contributed by atoms with Crippen molar-refractivity contribution >= 4 is 11.7 Å². The van der Waals surface area contributed by atoms with Crippen molar-refractivity contribution in [2.75, 3.05) is 25.4 Å². The summed E-state index contributed by atoms with van der Waals surface area (Å²) in [6.07, 6.45) is 1.70. The Bertz CT molecular complexity index is 372. The van der Waals surface area contributed by atoms with E-state index in [1.165, 1.54) is 4.68 Å². The quantitative estimate of drug-likeness (QED) is 0.733. The molecule has 1 amide bonds. The Kier molecular flexibility index (Phi) is 5.64. The number of amides is 1. The third kappa shape index (κ3) is 4.75. The average Bonchev–Trinajstić information content (AvgIpc) is 2.71. The van der Waals surface area contributed by atoms with Gasteiger partial charge in [0, 0.05) is 18.8 Å². The van der Waals surface area contributed by atoms with Crippen LogP contribution in [0.25, 0.3) is 0 Å². The third-order valence-electron chi connectivity index (χ3n) is 2.80. The minimum absolute atomic E-state index is 0.0437. The van der Waals surface area contributed by atoms with Crippen molar-refractivity contribution in [2.24, 2.45) is 0 Å². The number of nitrogen functional groups attached to an aromatic ring is 1. The standard InChI is InChI=1S/C12H23N5O/c1-4-16(5-2)8-10(3)14-12(18)9-17-7-6-11(13)15-17/h6-7,10H,4-5,8-9H2,1-3H3,(H2,13,15)(H,14,18). The predicted octanol–water partition coefficient (Wildman–Crippen LogP) is 0.312. The lowest BCUT2D eigenvalue weighted by Crippen LogP contribution is -2.43. The van der Waals surface area contributed by atoms with Gasteiger partial charge in [0.2, 0.25) is 5.91 Å². The van der Waals surface area contributed by atoms with E-state index in [-0.39, 0.29) is 18.5 Å². The third-order valence-corrected chi connectivity index (χ3v) is 2.80. The van der Waals surface area contributed by atoms with E-state index in [4.69, 9.17) is 5.73 Å². The van der Waals surface area contributed by atoms with Crippen LogP contribution in [0.15, 0.2) is 12.3 Å². The van der Waals surface area contributed by atoms with Gasteiger partial charge in [-0.2, -0.15) is 5.10 Å². The summed E-state index contributed by atoms with van der Waals surface area (Å²) in [5.41, 5.74) is 5.49. The van der Waals surface area contributed by atoms with E-state index < -0.39 is 0 Å². The molecular weight excluding hydrogens is 230 g/mol. The van der Waals surface area contributed by atoms with Gasteiger partial charge in [0.05, 0.1) is 0 Å².